The molecule has 5 nitrogen and oxygen atoms in total. The minimum Gasteiger partial charge on any atom is -0.380 e. The highest BCUT2D eigenvalue weighted by Gasteiger charge is 2.23. The standard InChI is InChI=1S/C16H27N3O2/c1-5-20-8-6-19-7-9-21-16(12-19)15-11-14(18(3)4)10-13(2)17-15/h10-11,16H,5-9,12H2,1-4H3/t16-/m0/s1. The van der Waals surface area contributed by atoms with E-state index in [1.165, 1.54) is 5.69 Å². The van der Waals surface area contributed by atoms with E-state index in [9.17, 15) is 0 Å². The molecule has 1 fully saturated rings. The van der Waals surface area contributed by atoms with E-state index in [-0.39, 0.29) is 6.10 Å². The molecule has 0 bridgehead atoms. The van der Waals surface area contributed by atoms with Gasteiger partial charge in [-0.1, -0.05) is 0 Å². The van der Waals surface area contributed by atoms with Crippen LogP contribution in [0.15, 0.2) is 12.1 Å². The minimum absolute atomic E-state index is 0.0546. The van der Waals surface area contributed by atoms with Crippen LogP contribution in [0.5, 0.6) is 0 Å². The Labute approximate surface area is 127 Å². The predicted molar refractivity (Wildman–Crippen MR) is 84.9 cm³/mol. The van der Waals surface area contributed by atoms with Crippen LogP contribution in [0.4, 0.5) is 5.69 Å². The van der Waals surface area contributed by atoms with E-state index in [1.807, 2.05) is 13.8 Å². The zero-order chi connectivity index (χ0) is 15.2. The summed E-state index contributed by atoms with van der Waals surface area (Å²) in [6, 6.07) is 4.23. The lowest BCUT2D eigenvalue weighted by Gasteiger charge is -2.33. The molecule has 0 aromatic carbocycles. The summed E-state index contributed by atoms with van der Waals surface area (Å²) in [6.45, 7) is 9.19. The number of aromatic nitrogens is 1. The number of hydrogen-bond donors (Lipinski definition) is 0. The highest BCUT2D eigenvalue weighted by atomic mass is 16.5. The third kappa shape index (κ3) is 4.66. The summed E-state index contributed by atoms with van der Waals surface area (Å²) in [4.78, 5) is 9.16. The lowest BCUT2D eigenvalue weighted by atomic mass is 10.1. The Morgan fingerprint density at radius 2 is 2.24 bits per heavy atom. The van der Waals surface area contributed by atoms with Crippen molar-refractivity contribution >= 4 is 5.69 Å². The first-order valence-corrected chi connectivity index (χ1v) is 7.67. The van der Waals surface area contributed by atoms with Crippen LogP contribution in [0.2, 0.25) is 0 Å². The maximum atomic E-state index is 5.93. The van der Waals surface area contributed by atoms with Crippen LogP contribution in [0.25, 0.3) is 0 Å². The van der Waals surface area contributed by atoms with Gasteiger partial charge >= 0.3 is 0 Å². The second-order valence-electron chi connectivity index (χ2n) is 5.64. The van der Waals surface area contributed by atoms with Crippen molar-refractivity contribution in [2.75, 3.05) is 58.5 Å². The molecule has 1 aromatic heterocycles. The average Bonchev–Trinajstić information content (AvgIpc) is 2.47. The lowest BCUT2D eigenvalue weighted by Crippen LogP contribution is -2.40. The van der Waals surface area contributed by atoms with Gasteiger partial charge in [0.1, 0.15) is 6.10 Å². The molecule has 21 heavy (non-hydrogen) atoms. The van der Waals surface area contributed by atoms with Crippen molar-refractivity contribution in [2.24, 2.45) is 0 Å². The Hall–Kier alpha value is -1.17. The summed E-state index contributed by atoms with van der Waals surface area (Å²) in [5.41, 5.74) is 3.23. The molecule has 1 atom stereocenters. The van der Waals surface area contributed by atoms with Crippen molar-refractivity contribution in [3.05, 3.63) is 23.5 Å². The Kier molecular flexibility index (Phi) is 5.96. The van der Waals surface area contributed by atoms with Crippen LogP contribution < -0.4 is 4.90 Å². The fourth-order valence-electron chi connectivity index (χ4n) is 2.52. The van der Waals surface area contributed by atoms with Crippen molar-refractivity contribution in [3.63, 3.8) is 0 Å². The third-order valence-corrected chi connectivity index (χ3v) is 3.71. The third-order valence-electron chi connectivity index (χ3n) is 3.71. The summed E-state index contributed by atoms with van der Waals surface area (Å²) < 4.78 is 11.4. The minimum atomic E-state index is 0.0546. The SMILES string of the molecule is CCOCCN1CCO[C@H](c2cc(N(C)C)cc(C)n2)C1. The van der Waals surface area contributed by atoms with Crippen LogP contribution in [0.3, 0.4) is 0 Å². The largest absolute Gasteiger partial charge is 0.380 e. The number of nitrogens with zero attached hydrogens (tertiary/aromatic N) is 3. The molecule has 0 amide bonds. The maximum Gasteiger partial charge on any atom is 0.112 e. The number of aryl methyl sites for hydroxylation is 1. The zero-order valence-electron chi connectivity index (χ0n) is 13.6. The Bertz CT molecular complexity index is 451. The number of morpholine rings is 1. The normalized spacial score (nSPS) is 19.7. The van der Waals surface area contributed by atoms with Crippen molar-refractivity contribution < 1.29 is 9.47 Å². The Morgan fingerprint density at radius 1 is 1.43 bits per heavy atom. The van der Waals surface area contributed by atoms with Gasteiger partial charge < -0.3 is 14.4 Å². The van der Waals surface area contributed by atoms with Gasteiger partial charge in [-0.3, -0.25) is 9.88 Å². The lowest BCUT2D eigenvalue weighted by molar-refractivity contribution is -0.0392. The molecule has 118 valence electrons. The number of rotatable bonds is 6. The van der Waals surface area contributed by atoms with Crippen LogP contribution in [0, 0.1) is 6.92 Å². The van der Waals surface area contributed by atoms with Gasteiger partial charge in [-0.25, -0.2) is 0 Å². The summed E-state index contributed by atoms with van der Waals surface area (Å²) in [5.74, 6) is 0. The maximum absolute atomic E-state index is 5.93. The van der Waals surface area contributed by atoms with Crippen LogP contribution in [0.1, 0.15) is 24.4 Å². The zero-order valence-corrected chi connectivity index (χ0v) is 13.6. The molecule has 0 unspecified atom stereocenters. The monoisotopic (exact) mass is 293 g/mol. The summed E-state index contributed by atoms with van der Waals surface area (Å²) in [5, 5.41) is 0. The molecule has 1 aliphatic heterocycles. The number of ether oxygens (including phenoxy) is 2. The highest BCUT2D eigenvalue weighted by Crippen LogP contribution is 2.24. The molecule has 0 radical (unpaired) electrons. The summed E-state index contributed by atoms with van der Waals surface area (Å²) >= 11 is 0. The van der Waals surface area contributed by atoms with E-state index in [0.29, 0.717) is 0 Å². The van der Waals surface area contributed by atoms with E-state index in [0.717, 1.165) is 50.8 Å². The van der Waals surface area contributed by atoms with E-state index in [1.54, 1.807) is 0 Å². The number of pyridine rings is 1. The molecule has 1 aliphatic rings. The first-order valence-electron chi connectivity index (χ1n) is 7.67. The van der Waals surface area contributed by atoms with Crippen LogP contribution in [-0.4, -0.2) is 63.4 Å². The molecule has 1 aromatic rings. The molecule has 1 saturated heterocycles. The molecule has 5 heteroatoms. The first kappa shape index (κ1) is 16.2. The van der Waals surface area contributed by atoms with Crippen molar-refractivity contribution in [2.45, 2.75) is 20.0 Å². The molecule has 2 rings (SSSR count). The van der Waals surface area contributed by atoms with Gasteiger partial charge in [-0.05, 0) is 26.0 Å². The Morgan fingerprint density at radius 3 is 2.95 bits per heavy atom. The van der Waals surface area contributed by atoms with E-state index >= 15 is 0 Å². The average molecular weight is 293 g/mol. The fraction of sp³-hybridized carbons (Fsp3) is 0.688. The van der Waals surface area contributed by atoms with Gasteiger partial charge in [0, 0.05) is 51.7 Å². The molecule has 0 aliphatic carbocycles. The fourth-order valence-corrected chi connectivity index (χ4v) is 2.52. The summed E-state index contributed by atoms with van der Waals surface area (Å²) in [7, 11) is 4.10. The van der Waals surface area contributed by atoms with E-state index in [2.05, 4.69) is 41.0 Å². The van der Waals surface area contributed by atoms with Gasteiger partial charge in [-0.15, -0.1) is 0 Å². The van der Waals surface area contributed by atoms with Gasteiger partial charge in [0.25, 0.3) is 0 Å². The second-order valence-corrected chi connectivity index (χ2v) is 5.64. The number of anilines is 1. The van der Waals surface area contributed by atoms with Crippen molar-refractivity contribution in [1.29, 1.82) is 0 Å². The molecule has 2 heterocycles. The van der Waals surface area contributed by atoms with Crippen LogP contribution >= 0.6 is 0 Å². The molecule has 0 saturated carbocycles. The molecule has 0 spiro atoms. The van der Waals surface area contributed by atoms with Crippen molar-refractivity contribution in [3.8, 4) is 0 Å². The van der Waals surface area contributed by atoms with Crippen molar-refractivity contribution in [1.82, 2.24) is 9.88 Å². The van der Waals surface area contributed by atoms with Gasteiger partial charge in [0.15, 0.2) is 0 Å². The molecule has 0 N–H and O–H groups in total. The first-order chi connectivity index (χ1) is 10.1. The Balaban J connectivity index is 2.03. The highest BCUT2D eigenvalue weighted by molar-refractivity contribution is 5.47. The van der Waals surface area contributed by atoms with E-state index in [4.69, 9.17) is 9.47 Å². The summed E-state index contributed by atoms with van der Waals surface area (Å²) in [6.07, 6.45) is 0.0546. The predicted octanol–water partition coefficient (Wildman–Crippen LogP) is 1.87. The van der Waals surface area contributed by atoms with Gasteiger partial charge in [0.05, 0.1) is 18.9 Å². The smallest absolute Gasteiger partial charge is 0.112 e. The van der Waals surface area contributed by atoms with Crippen LogP contribution in [-0.2, 0) is 9.47 Å². The van der Waals surface area contributed by atoms with Gasteiger partial charge in [0.2, 0.25) is 0 Å². The second kappa shape index (κ2) is 7.73. The quantitative estimate of drug-likeness (QED) is 0.749. The van der Waals surface area contributed by atoms with E-state index < -0.39 is 0 Å². The molecular weight excluding hydrogens is 266 g/mol. The molecular formula is C16H27N3O2. The van der Waals surface area contributed by atoms with Gasteiger partial charge in [-0.2, -0.15) is 0 Å². The number of hydrogen-bond acceptors (Lipinski definition) is 5. The topological polar surface area (TPSA) is 37.8 Å².